The Morgan fingerprint density at radius 1 is 0.880 bits per heavy atom. The highest BCUT2D eigenvalue weighted by atomic mass is 16.5. The summed E-state index contributed by atoms with van der Waals surface area (Å²) < 4.78 is 21.1. The van der Waals surface area contributed by atoms with Crippen molar-refractivity contribution < 1.29 is 23.7 Å². The number of ether oxygens (including phenoxy) is 4. The first kappa shape index (κ1) is 18.4. The van der Waals surface area contributed by atoms with Crippen LogP contribution in [-0.2, 0) is 4.79 Å². The summed E-state index contributed by atoms with van der Waals surface area (Å²) in [4.78, 5) is 12.1. The molecule has 0 fully saturated rings. The quantitative estimate of drug-likeness (QED) is 0.705. The fourth-order valence-electron chi connectivity index (χ4n) is 2.21. The molecule has 0 aliphatic rings. The average molecular weight is 345 g/mol. The van der Waals surface area contributed by atoms with Gasteiger partial charge >= 0.3 is 0 Å². The van der Waals surface area contributed by atoms with Crippen LogP contribution in [-0.4, -0.2) is 33.8 Å². The third-order valence-electron chi connectivity index (χ3n) is 3.56. The summed E-state index contributed by atoms with van der Waals surface area (Å²) in [5.74, 6) is 2.66. The van der Waals surface area contributed by atoms with Crippen molar-refractivity contribution in [3.8, 4) is 23.0 Å². The smallest absolute Gasteiger partial charge is 0.224 e. The van der Waals surface area contributed by atoms with E-state index in [9.17, 15) is 4.79 Å². The Balaban J connectivity index is 1.76. The number of anilines is 1. The van der Waals surface area contributed by atoms with E-state index in [4.69, 9.17) is 18.9 Å². The van der Waals surface area contributed by atoms with Gasteiger partial charge in [-0.25, -0.2) is 0 Å². The molecule has 25 heavy (non-hydrogen) atoms. The van der Waals surface area contributed by atoms with Crippen molar-refractivity contribution in [2.45, 2.75) is 12.8 Å². The highest BCUT2D eigenvalue weighted by Gasteiger charge is 2.09. The van der Waals surface area contributed by atoms with Gasteiger partial charge in [0.25, 0.3) is 0 Å². The third kappa shape index (κ3) is 5.60. The lowest BCUT2D eigenvalue weighted by Gasteiger charge is -2.12. The molecule has 0 heterocycles. The van der Waals surface area contributed by atoms with Crippen molar-refractivity contribution >= 4 is 11.6 Å². The van der Waals surface area contributed by atoms with Gasteiger partial charge in [-0.05, 0) is 42.8 Å². The Morgan fingerprint density at radius 2 is 1.52 bits per heavy atom. The van der Waals surface area contributed by atoms with Gasteiger partial charge in [-0.15, -0.1) is 0 Å². The number of methoxy groups -OCH3 is 3. The number of amides is 1. The Labute approximate surface area is 147 Å². The van der Waals surface area contributed by atoms with Gasteiger partial charge < -0.3 is 24.3 Å². The van der Waals surface area contributed by atoms with Gasteiger partial charge in [0.15, 0.2) is 0 Å². The van der Waals surface area contributed by atoms with Gasteiger partial charge in [0.05, 0.1) is 33.6 Å². The van der Waals surface area contributed by atoms with Gasteiger partial charge in [-0.2, -0.15) is 0 Å². The fraction of sp³-hybridized carbons (Fsp3) is 0.316. The second-order valence-corrected chi connectivity index (χ2v) is 5.24. The van der Waals surface area contributed by atoms with Crippen LogP contribution < -0.4 is 24.3 Å². The molecule has 0 radical (unpaired) electrons. The molecule has 1 N–H and O–H groups in total. The zero-order valence-electron chi connectivity index (χ0n) is 14.7. The summed E-state index contributed by atoms with van der Waals surface area (Å²) in [7, 11) is 4.75. The van der Waals surface area contributed by atoms with Gasteiger partial charge in [-0.3, -0.25) is 4.79 Å². The summed E-state index contributed by atoms with van der Waals surface area (Å²) in [6.07, 6.45) is 0.960. The first-order valence-corrected chi connectivity index (χ1v) is 7.95. The molecule has 0 atom stereocenters. The van der Waals surface area contributed by atoms with Crippen LogP contribution in [0.1, 0.15) is 12.8 Å². The summed E-state index contributed by atoms with van der Waals surface area (Å²) in [5, 5.41) is 2.83. The first-order valence-electron chi connectivity index (χ1n) is 7.95. The highest BCUT2D eigenvalue weighted by Crippen LogP contribution is 2.29. The summed E-state index contributed by atoms with van der Waals surface area (Å²) in [6, 6.07) is 12.6. The normalized spacial score (nSPS) is 10.0. The Morgan fingerprint density at radius 3 is 2.16 bits per heavy atom. The molecule has 2 rings (SSSR count). The summed E-state index contributed by atoms with van der Waals surface area (Å²) >= 11 is 0. The minimum absolute atomic E-state index is 0.0956. The van der Waals surface area contributed by atoms with Crippen molar-refractivity contribution in [3.05, 3.63) is 42.5 Å². The van der Waals surface area contributed by atoms with E-state index in [0.29, 0.717) is 36.6 Å². The van der Waals surface area contributed by atoms with E-state index >= 15 is 0 Å². The number of carbonyl (C=O) groups is 1. The minimum atomic E-state index is -0.0956. The largest absolute Gasteiger partial charge is 0.497 e. The maximum Gasteiger partial charge on any atom is 0.224 e. The minimum Gasteiger partial charge on any atom is -0.497 e. The van der Waals surface area contributed by atoms with Crippen molar-refractivity contribution in [1.29, 1.82) is 0 Å². The van der Waals surface area contributed by atoms with Crippen LogP contribution in [0.4, 0.5) is 5.69 Å². The molecule has 2 aromatic carbocycles. The number of nitrogens with one attached hydrogen (secondary N) is 1. The highest BCUT2D eigenvalue weighted by molar-refractivity contribution is 5.92. The van der Waals surface area contributed by atoms with Crippen molar-refractivity contribution in [2.24, 2.45) is 0 Å². The lowest BCUT2D eigenvalue weighted by molar-refractivity contribution is -0.116. The Hall–Kier alpha value is -2.89. The van der Waals surface area contributed by atoms with Gasteiger partial charge in [0.2, 0.25) is 5.91 Å². The maximum absolute atomic E-state index is 12.1. The van der Waals surface area contributed by atoms with Crippen LogP contribution in [0.15, 0.2) is 42.5 Å². The van der Waals surface area contributed by atoms with Crippen LogP contribution in [0.5, 0.6) is 23.0 Å². The number of hydrogen-bond acceptors (Lipinski definition) is 5. The topological polar surface area (TPSA) is 66.0 Å². The van der Waals surface area contributed by atoms with Crippen LogP contribution in [0.2, 0.25) is 0 Å². The van der Waals surface area contributed by atoms with E-state index in [1.54, 1.807) is 39.5 Å². The molecule has 0 aromatic heterocycles. The SMILES string of the molecule is COc1ccc(OCCCC(=O)Nc2ccc(OC)cc2OC)cc1. The predicted octanol–water partition coefficient (Wildman–Crippen LogP) is 3.51. The van der Waals surface area contributed by atoms with Crippen LogP contribution in [0.25, 0.3) is 0 Å². The van der Waals surface area contributed by atoms with Gasteiger partial charge in [0.1, 0.15) is 23.0 Å². The van der Waals surface area contributed by atoms with E-state index in [2.05, 4.69) is 5.32 Å². The fourth-order valence-corrected chi connectivity index (χ4v) is 2.21. The number of carbonyl (C=O) groups excluding carboxylic acids is 1. The summed E-state index contributed by atoms with van der Waals surface area (Å²) in [5.41, 5.74) is 0.615. The lowest BCUT2D eigenvalue weighted by Crippen LogP contribution is -2.13. The number of benzene rings is 2. The first-order chi connectivity index (χ1) is 12.2. The average Bonchev–Trinajstić information content (AvgIpc) is 2.66. The van der Waals surface area contributed by atoms with E-state index in [1.165, 1.54) is 0 Å². The van der Waals surface area contributed by atoms with E-state index in [-0.39, 0.29) is 5.91 Å². The molecule has 0 unspecified atom stereocenters. The molecule has 134 valence electrons. The third-order valence-corrected chi connectivity index (χ3v) is 3.56. The molecule has 0 spiro atoms. The van der Waals surface area contributed by atoms with Crippen molar-refractivity contribution in [1.82, 2.24) is 0 Å². The monoisotopic (exact) mass is 345 g/mol. The Bertz CT molecular complexity index is 685. The molecule has 0 saturated carbocycles. The van der Waals surface area contributed by atoms with E-state index in [1.807, 2.05) is 24.3 Å². The van der Waals surface area contributed by atoms with Crippen molar-refractivity contribution in [3.63, 3.8) is 0 Å². The van der Waals surface area contributed by atoms with Crippen LogP contribution in [0.3, 0.4) is 0 Å². The molecule has 6 heteroatoms. The lowest BCUT2D eigenvalue weighted by atomic mass is 10.2. The molecule has 0 bridgehead atoms. The second kappa shape index (κ2) is 9.42. The van der Waals surface area contributed by atoms with Gasteiger partial charge in [-0.1, -0.05) is 0 Å². The zero-order valence-corrected chi connectivity index (χ0v) is 14.7. The molecule has 0 saturated heterocycles. The number of rotatable bonds is 9. The molecular formula is C19H23NO5. The Kier molecular flexibility index (Phi) is 6.95. The van der Waals surface area contributed by atoms with Crippen LogP contribution >= 0.6 is 0 Å². The van der Waals surface area contributed by atoms with Crippen LogP contribution in [0, 0.1) is 0 Å². The number of hydrogen-bond donors (Lipinski definition) is 1. The molecule has 6 nitrogen and oxygen atoms in total. The second-order valence-electron chi connectivity index (χ2n) is 5.24. The molecule has 0 aliphatic heterocycles. The maximum atomic E-state index is 12.1. The van der Waals surface area contributed by atoms with Crippen molar-refractivity contribution in [2.75, 3.05) is 33.3 Å². The van der Waals surface area contributed by atoms with E-state index in [0.717, 1.165) is 11.5 Å². The molecular weight excluding hydrogens is 322 g/mol. The zero-order chi connectivity index (χ0) is 18.1. The predicted molar refractivity (Wildman–Crippen MR) is 95.9 cm³/mol. The molecule has 2 aromatic rings. The van der Waals surface area contributed by atoms with Gasteiger partial charge in [0, 0.05) is 12.5 Å². The van der Waals surface area contributed by atoms with E-state index < -0.39 is 0 Å². The standard InChI is InChI=1S/C19H23NO5/c1-22-14-6-8-15(9-7-14)25-12-4-5-19(21)20-17-11-10-16(23-2)13-18(17)24-3/h6-11,13H,4-5,12H2,1-3H3,(H,20,21). The molecule has 1 amide bonds. The molecule has 0 aliphatic carbocycles. The summed E-state index contributed by atoms with van der Waals surface area (Å²) in [6.45, 7) is 0.458.